The fourth-order valence-corrected chi connectivity index (χ4v) is 3.46. The molecular formula is C22H21F2N5O. The van der Waals surface area contributed by atoms with Gasteiger partial charge in [-0.1, -0.05) is 36.4 Å². The summed E-state index contributed by atoms with van der Waals surface area (Å²) in [7, 11) is 0. The number of nitrogens with zero attached hydrogens (tertiary/aromatic N) is 4. The summed E-state index contributed by atoms with van der Waals surface area (Å²) in [6, 6.07) is 15.2. The summed E-state index contributed by atoms with van der Waals surface area (Å²) in [4.78, 5) is 25.0. The van der Waals surface area contributed by atoms with Crippen molar-refractivity contribution in [3.05, 3.63) is 83.7 Å². The number of piperazine rings is 1. The molecule has 0 bridgehead atoms. The Bertz CT molecular complexity index is 1000. The van der Waals surface area contributed by atoms with Crippen LogP contribution in [0.3, 0.4) is 0 Å². The van der Waals surface area contributed by atoms with Gasteiger partial charge in [-0.2, -0.15) is 0 Å². The highest BCUT2D eigenvalue weighted by Crippen LogP contribution is 2.19. The molecule has 6 nitrogen and oxygen atoms in total. The highest BCUT2D eigenvalue weighted by molar-refractivity contribution is 6.04. The van der Waals surface area contributed by atoms with Gasteiger partial charge in [0.2, 0.25) is 0 Å². The summed E-state index contributed by atoms with van der Waals surface area (Å²) in [6.45, 7) is 4.20. The molecule has 1 saturated heterocycles. The van der Waals surface area contributed by atoms with Gasteiger partial charge in [0.05, 0.1) is 0 Å². The molecule has 2 heterocycles. The van der Waals surface area contributed by atoms with Crippen molar-refractivity contribution < 1.29 is 13.6 Å². The van der Waals surface area contributed by atoms with Gasteiger partial charge in [-0.3, -0.25) is 9.69 Å². The van der Waals surface area contributed by atoms with Crippen molar-refractivity contribution in [2.45, 2.75) is 6.54 Å². The molecule has 1 amide bonds. The smallest absolute Gasteiger partial charge is 0.262 e. The first-order valence-corrected chi connectivity index (χ1v) is 9.69. The molecule has 0 aliphatic carbocycles. The van der Waals surface area contributed by atoms with Crippen LogP contribution in [-0.4, -0.2) is 47.0 Å². The number of benzene rings is 2. The lowest BCUT2D eigenvalue weighted by molar-refractivity contribution is 0.101. The zero-order valence-electron chi connectivity index (χ0n) is 16.3. The van der Waals surface area contributed by atoms with Gasteiger partial charge in [0.25, 0.3) is 5.91 Å². The number of rotatable bonds is 5. The van der Waals surface area contributed by atoms with Crippen molar-refractivity contribution in [1.82, 2.24) is 14.9 Å². The lowest BCUT2D eigenvalue weighted by Crippen LogP contribution is -2.46. The first-order valence-electron chi connectivity index (χ1n) is 9.69. The van der Waals surface area contributed by atoms with E-state index >= 15 is 0 Å². The van der Waals surface area contributed by atoms with E-state index in [1.165, 1.54) is 18.0 Å². The van der Waals surface area contributed by atoms with Gasteiger partial charge in [0.15, 0.2) is 0 Å². The third kappa shape index (κ3) is 4.60. The third-order valence-corrected chi connectivity index (χ3v) is 5.03. The van der Waals surface area contributed by atoms with E-state index in [1.807, 2.05) is 18.2 Å². The molecule has 0 unspecified atom stereocenters. The molecule has 0 spiro atoms. The van der Waals surface area contributed by atoms with E-state index < -0.39 is 23.1 Å². The monoisotopic (exact) mass is 409 g/mol. The molecule has 1 aliphatic rings. The molecule has 30 heavy (non-hydrogen) atoms. The minimum atomic E-state index is -0.920. The highest BCUT2D eigenvalue weighted by Gasteiger charge is 2.20. The summed E-state index contributed by atoms with van der Waals surface area (Å²) >= 11 is 0. The Kier molecular flexibility index (Phi) is 5.94. The zero-order valence-corrected chi connectivity index (χ0v) is 16.3. The number of hydrogen-bond acceptors (Lipinski definition) is 5. The summed E-state index contributed by atoms with van der Waals surface area (Å²) < 4.78 is 27.6. The molecule has 0 radical (unpaired) electrons. The average Bonchev–Trinajstić information content (AvgIpc) is 2.75. The molecule has 4 rings (SSSR count). The maximum Gasteiger partial charge on any atom is 0.262 e. The fraction of sp³-hybridized carbons (Fsp3) is 0.227. The van der Waals surface area contributed by atoms with Crippen molar-refractivity contribution in [2.24, 2.45) is 0 Å². The van der Waals surface area contributed by atoms with E-state index in [0.29, 0.717) is 5.82 Å². The number of hydrogen-bond donors (Lipinski definition) is 1. The van der Waals surface area contributed by atoms with Crippen LogP contribution in [0.1, 0.15) is 15.9 Å². The van der Waals surface area contributed by atoms with Gasteiger partial charge in [0.1, 0.15) is 35.2 Å². The van der Waals surface area contributed by atoms with E-state index in [1.54, 1.807) is 6.07 Å². The van der Waals surface area contributed by atoms with Crippen LogP contribution < -0.4 is 10.2 Å². The van der Waals surface area contributed by atoms with Crippen LogP contribution in [-0.2, 0) is 6.54 Å². The molecular weight excluding hydrogens is 388 g/mol. The Morgan fingerprint density at radius 1 is 0.933 bits per heavy atom. The normalized spacial score (nSPS) is 14.5. The lowest BCUT2D eigenvalue weighted by atomic mass is 10.2. The van der Waals surface area contributed by atoms with Crippen LogP contribution >= 0.6 is 0 Å². The Balaban J connectivity index is 1.39. The number of carbonyl (C=O) groups is 1. The zero-order chi connectivity index (χ0) is 20.9. The van der Waals surface area contributed by atoms with Gasteiger partial charge in [-0.25, -0.2) is 18.7 Å². The second-order valence-corrected chi connectivity index (χ2v) is 7.06. The minimum Gasteiger partial charge on any atom is -0.354 e. The van der Waals surface area contributed by atoms with Crippen LogP contribution in [0.2, 0.25) is 0 Å². The van der Waals surface area contributed by atoms with Crippen molar-refractivity contribution in [3.8, 4) is 0 Å². The topological polar surface area (TPSA) is 61.4 Å². The number of amides is 1. The molecule has 1 aliphatic heterocycles. The average molecular weight is 409 g/mol. The maximum atomic E-state index is 13.8. The van der Waals surface area contributed by atoms with Crippen LogP contribution in [0, 0.1) is 11.6 Å². The SMILES string of the molecule is O=C(Nc1cc(N2CCN(Cc3ccccc3)CC2)ncn1)c1c(F)cccc1F. The molecule has 1 aromatic heterocycles. The van der Waals surface area contributed by atoms with E-state index in [9.17, 15) is 13.6 Å². The molecule has 0 saturated carbocycles. The Hall–Kier alpha value is -3.39. The summed E-state index contributed by atoms with van der Waals surface area (Å²) in [5.74, 6) is -1.87. The number of aromatic nitrogens is 2. The predicted octanol–water partition coefficient (Wildman–Crippen LogP) is 3.33. The Morgan fingerprint density at radius 3 is 2.33 bits per heavy atom. The van der Waals surface area contributed by atoms with Crippen molar-refractivity contribution >= 4 is 17.5 Å². The van der Waals surface area contributed by atoms with Gasteiger partial charge < -0.3 is 10.2 Å². The molecule has 2 aromatic carbocycles. The van der Waals surface area contributed by atoms with Crippen LogP contribution in [0.4, 0.5) is 20.4 Å². The van der Waals surface area contributed by atoms with Crippen molar-refractivity contribution in [1.29, 1.82) is 0 Å². The summed E-state index contributed by atoms with van der Waals surface area (Å²) in [6.07, 6.45) is 1.33. The second-order valence-electron chi connectivity index (χ2n) is 7.06. The molecule has 8 heteroatoms. The number of anilines is 2. The molecule has 1 N–H and O–H groups in total. The largest absolute Gasteiger partial charge is 0.354 e. The van der Waals surface area contributed by atoms with Gasteiger partial charge in [0, 0.05) is 38.8 Å². The van der Waals surface area contributed by atoms with E-state index in [0.717, 1.165) is 44.9 Å². The van der Waals surface area contributed by atoms with E-state index in [2.05, 4.69) is 37.2 Å². The lowest BCUT2D eigenvalue weighted by Gasteiger charge is -2.35. The minimum absolute atomic E-state index is 0.194. The molecule has 1 fully saturated rings. The Morgan fingerprint density at radius 2 is 1.63 bits per heavy atom. The number of carbonyl (C=O) groups excluding carboxylic acids is 1. The standard InChI is InChI=1S/C22H21F2N5O/c23-17-7-4-8-18(24)21(17)22(30)27-19-13-20(26-15-25-19)29-11-9-28(10-12-29)14-16-5-2-1-3-6-16/h1-8,13,15H,9-12,14H2,(H,25,26,27,30). The van der Waals surface area contributed by atoms with Crippen LogP contribution in [0.15, 0.2) is 60.9 Å². The third-order valence-electron chi connectivity index (χ3n) is 5.03. The first kappa shape index (κ1) is 19.9. The molecule has 3 aromatic rings. The van der Waals surface area contributed by atoms with Gasteiger partial charge >= 0.3 is 0 Å². The van der Waals surface area contributed by atoms with Crippen molar-refractivity contribution in [3.63, 3.8) is 0 Å². The van der Waals surface area contributed by atoms with E-state index in [-0.39, 0.29) is 5.82 Å². The van der Waals surface area contributed by atoms with Gasteiger partial charge in [-0.05, 0) is 17.7 Å². The number of nitrogens with one attached hydrogen (secondary N) is 1. The first-order chi connectivity index (χ1) is 14.6. The fourth-order valence-electron chi connectivity index (χ4n) is 3.46. The Labute approximate surface area is 173 Å². The number of halogens is 2. The summed E-state index contributed by atoms with van der Waals surface area (Å²) in [5, 5.41) is 2.45. The summed E-state index contributed by atoms with van der Waals surface area (Å²) in [5.41, 5.74) is 0.644. The predicted molar refractivity (Wildman–Crippen MR) is 110 cm³/mol. The molecule has 0 atom stereocenters. The van der Waals surface area contributed by atoms with Crippen LogP contribution in [0.25, 0.3) is 0 Å². The van der Waals surface area contributed by atoms with Crippen LogP contribution in [0.5, 0.6) is 0 Å². The van der Waals surface area contributed by atoms with Crippen molar-refractivity contribution in [2.75, 3.05) is 36.4 Å². The maximum absolute atomic E-state index is 13.8. The van der Waals surface area contributed by atoms with E-state index in [4.69, 9.17) is 0 Å². The molecule has 154 valence electrons. The second kappa shape index (κ2) is 8.96. The highest BCUT2D eigenvalue weighted by atomic mass is 19.1. The van der Waals surface area contributed by atoms with Gasteiger partial charge in [-0.15, -0.1) is 0 Å². The quantitative estimate of drug-likeness (QED) is 0.701.